The molecule has 0 spiro atoms. The van der Waals surface area contributed by atoms with Gasteiger partial charge in [-0.3, -0.25) is 0 Å². The Morgan fingerprint density at radius 1 is 1.20 bits per heavy atom. The molecule has 3 aliphatic carbocycles. The van der Waals surface area contributed by atoms with Crippen LogP contribution in [-0.2, 0) is 4.74 Å². The van der Waals surface area contributed by atoms with Gasteiger partial charge < -0.3 is 9.84 Å². The summed E-state index contributed by atoms with van der Waals surface area (Å²) in [6.45, 7) is 2.99. The van der Waals surface area contributed by atoms with Crippen molar-refractivity contribution in [1.29, 1.82) is 0 Å². The lowest BCUT2D eigenvalue weighted by Crippen LogP contribution is -2.22. The number of rotatable bonds is 3. The van der Waals surface area contributed by atoms with Gasteiger partial charge in [-0.1, -0.05) is 0 Å². The van der Waals surface area contributed by atoms with Crippen molar-refractivity contribution in [3.63, 3.8) is 0 Å². The SMILES string of the molecule is C[C@@]1(O)C[C@H]2C[C@H](OCC3CC3)C[C@H]2C1. The molecule has 0 radical (unpaired) electrons. The van der Waals surface area contributed by atoms with Gasteiger partial charge in [0.25, 0.3) is 0 Å². The second kappa shape index (κ2) is 3.46. The fourth-order valence-corrected chi connectivity index (χ4v) is 3.56. The Kier molecular flexibility index (Phi) is 2.33. The Hall–Kier alpha value is -0.0800. The molecule has 2 heteroatoms. The van der Waals surface area contributed by atoms with E-state index in [1.165, 1.54) is 25.7 Å². The lowest BCUT2D eigenvalue weighted by atomic mass is 10.0. The number of aliphatic hydroxyl groups is 1. The Morgan fingerprint density at radius 3 is 2.33 bits per heavy atom. The van der Waals surface area contributed by atoms with Gasteiger partial charge >= 0.3 is 0 Å². The van der Waals surface area contributed by atoms with Gasteiger partial charge in [0.2, 0.25) is 0 Å². The Labute approximate surface area is 92.0 Å². The van der Waals surface area contributed by atoms with Crippen LogP contribution >= 0.6 is 0 Å². The van der Waals surface area contributed by atoms with Crippen molar-refractivity contribution in [1.82, 2.24) is 0 Å². The minimum absolute atomic E-state index is 0.378. The summed E-state index contributed by atoms with van der Waals surface area (Å²) in [7, 11) is 0. The summed E-state index contributed by atoms with van der Waals surface area (Å²) in [5, 5.41) is 9.97. The normalized spacial score (nSPS) is 49.6. The third-order valence-corrected chi connectivity index (χ3v) is 4.47. The summed E-state index contributed by atoms with van der Waals surface area (Å²) in [6.07, 6.45) is 7.68. The van der Waals surface area contributed by atoms with E-state index in [9.17, 15) is 5.11 Å². The van der Waals surface area contributed by atoms with Crippen molar-refractivity contribution in [2.24, 2.45) is 17.8 Å². The van der Waals surface area contributed by atoms with E-state index in [0.29, 0.717) is 6.10 Å². The van der Waals surface area contributed by atoms with E-state index in [1.54, 1.807) is 0 Å². The molecule has 0 heterocycles. The maximum Gasteiger partial charge on any atom is 0.0625 e. The van der Waals surface area contributed by atoms with E-state index in [0.717, 1.165) is 37.2 Å². The number of ether oxygens (including phenoxy) is 1. The lowest BCUT2D eigenvalue weighted by Gasteiger charge is -2.19. The third kappa shape index (κ3) is 2.21. The number of hydrogen-bond acceptors (Lipinski definition) is 2. The second-order valence-electron chi connectivity index (χ2n) is 6.30. The van der Waals surface area contributed by atoms with E-state index in [1.807, 2.05) is 6.92 Å². The van der Waals surface area contributed by atoms with Crippen LogP contribution in [0.5, 0.6) is 0 Å². The van der Waals surface area contributed by atoms with E-state index in [2.05, 4.69) is 0 Å². The van der Waals surface area contributed by atoms with Gasteiger partial charge in [0, 0.05) is 6.61 Å². The third-order valence-electron chi connectivity index (χ3n) is 4.47. The molecule has 3 fully saturated rings. The molecule has 3 saturated carbocycles. The highest BCUT2D eigenvalue weighted by molar-refractivity contribution is 4.97. The molecule has 0 aromatic rings. The van der Waals surface area contributed by atoms with Crippen molar-refractivity contribution in [2.75, 3.05) is 6.61 Å². The lowest BCUT2D eigenvalue weighted by molar-refractivity contribution is 0.0240. The highest BCUT2D eigenvalue weighted by Crippen LogP contribution is 2.49. The largest absolute Gasteiger partial charge is 0.390 e. The first kappa shape index (κ1) is 10.1. The Balaban J connectivity index is 1.48. The Bertz CT molecular complexity index is 229. The minimum Gasteiger partial charge on any atom is -0.390 e. The second-order valence-corrected chi connectivity index (χ2v) is 6.30. The van der Waals surface area contributed by atoms with Crippen LogP contribution in [0.1, 0.15) is 45.4 Å². The fourth-order valence-electron chi connectivity index (χ4n) is 3.56. The maximum atomic E-state index is 9.97. The zero-order valence-electron chi connectivity index (χ0n) is 9.61. The Morgan fingerprint density at radius 2 is 1.80 bits per heavy atom. The quantitative estimate of drug-likeness (QED) is 0.775. The molecular weight excluding hydrogens is 188 g/mol. The van der Waals surface area contributed by atoms with Crippen LogP contribution < -0.4 is 0 Å². The van der Waals surface area contributed by atoms with Crippen LogP contribution in [0, 0.1) is 17.8 Å². The topological polar surface area (TPSA) is 29.5 Å². The molecule has 1 N–H and O–H groups in total. The minimum atomic E-state index is -0.378. The van der Waals surface area contributed by atoms with Crippen molar-refractivity contribution < 1.29 is 9.84 Å². The van der Waals surface area contributed by atoms with E-state index < -0.39 is 0 Å². The first-order valence-corrected chi connectivity index (χ1v) is 6.46. The van der Waals surface area contributed by atoms with Crippen LogP contribution in [0.4, 0.5) is 0 Å². The van der Waals surface area contributed by atoms with Gasteiger partial charge in [-0.2, -0.15) is 0 Å². The highest BCUT2D eigenvalue weighted by Gasteiger charge is 2.46. The summed E-state index contributed by atoms with van der Waals surface area (Å²) in [5.41, 5.74) is -0.378. The summed E-state index contributed by atoms with van der Waals surface area (Å²) >= 11 is 0. The average molecular weight is 210 g/mol. The summed E-state index contributed by atoms with van der Waals surface area (Å²) in [4.78, 5) is 0. The zero-order valence-corrected chi connectivity index (χ0v) is 9.61. The van der Waals surface area contributed by atoms with Crippen molar-refractivity contribution >= 4 is 0 Å². The predicted octanol–water partition coefficient (Wildman–Crippen LogP) is 2.35. The molecule has 15 heavy (non-hydrogen) atoms. The molecule has 0 aromatic carbocycles. The standard InChI is InChI=1S/C13H22O2/c1-13(14)6-10-4-12(5-11(10)7-13)15-8-9-2-3-9/h9-12,14H,2-8H2,1H3/t10-,11+,12+,13-. The highest BCUT2D eigenvalue weighted by atomic mass is 16.5. The molecule has 3 aliphatic rings. The molecule has 0 aromatic heterocycles. The van der Waals surface area contributed by atoms with E-state index >= 15 is 0 Å². The van der Waals surface area contributed by atoms with Crippen molar-refractivity contribution in [2.45, 2.75) is 57.2 Å². The van der Waals surface area contributed by atoms with Gasteiger partial charge in [-0.05, 0) is 63.2 Å². The molecule has 0 bridgehead atoms. The molecule has 0 aliphatic heterocycles. The number of fused-ring (bicyclic) bond motifs is 1. The van der Waals surface area contributed by atoms with Crippen molar-refractivity contribution in [3.8, 4) is 0 Å². The average Bonchev–Trinajstić information content (AvgIpc) is 2.82. The first-order chi connectivity index (χ1) is 7.12. The van der Waals surface area contributed by atoms with Crippen LogP contribution in [-0.4, -0.2) is 23.4 Å². The van der Waals surface area contributed by atoms with Crippen LogP contribution in [0.15, 0.2) is 0 Å². The molecule has 0 saturated heterocycles. The summed E-state index contributed by atoms with van der Waals surface area (Å²) in [6, 6.07) is 0. The molecule has 2 nitrogen and oxygen atoms in total. The van der Waals surface area contributed by atoms with Crippen LogP contribution in [0.2, 0.25) is 0 Å². The molecule has 86 valence electrons. The van der Waals surface area contributed by atoms with Crippen LogP contribution in [0.25, 0.3) is 0 Å². The van der Waals surface area contributed by atoms with Crippen LogP contribution in [0.3, 0.4) is 0 Å². The van der Waals surface area contributed by atoms with Gasteiger partial charge in [0.1, 0.15) is 0 Å². The predicted molar refractivity (Wildman–Crippen MR) is 58.5 cm³/mol. The zero-order chi connectivity index (χ0) is 10.5. The molecular formula is C13H22O2. The number of hydrogen-bond donors (Lipinski definition) is 1. The monoisotopic (exact) mass is 210 g/mol. The van der Waals surface area contributed by atoms with Gasteiger partial charge in [-0.25, -0.2) is 0 Å². The van der Waals surface area contributed by atoms with Gasteiger partial charge in [0.05, 0.1) is 11.7 Å². The summed E-state index contributed by atoms with van der Waals surface area (Å²) in [5.74, 6) is 2.36. The maximum absolute atomic E-state index is 9.97. The van der Waals surface area contributed by atoms with Crippen molar-refractivity contribution in [3.05, 3.63) is 0 Å². The van der Waals surface area contributed by atoms with E-state index in [-0.39, 0.29) is 5.60 Å². The fraction of sp³-hybridized carbons (Fsp3) is 1.00. The molecule has 0 unspecified atom stereocenters. The summed E-state index contributed by atoms with van der Waals surface area (Å²) < 4.78 is 5.95. The smallest absolute Gasteiger partial charge is 0.0625 e. The van der Waals surface area contributed by atoms with E-state index in [4.69, 9.17) is 4.74 Å². The molecule has 3 rings (SSSR count). The van der Waals surface area contributed by atoms with Gasteiger partial charge in [0.15, 0.2) is 0 Å². The molecule has 4 atom stereocenters. The van der Waals surface area contributed by atoms with Gasteiger partial charge in [-0.15, -0.1) is 0 Å². The first-order valence-electron chi connectivity index (χ1n) is 6.46. The molecule has 0 amide bonds.